The maximum Gasteiger partial charge on any atom is 0.257 e. The summed E-state index contributed by atoms with van der Waals surface area (Å²) in [6, 6.07) is 8.38. The van der Waals surface area contributed by atoms with Crippen LogP contribution in [0.25, 0.3) is 5.69 Å². The third-order valence-corrected chi connectivity index (χ3v) is 4.37. The Hall–Kier alpha value is -2.14. The molecule has 1 aromatic heterocycles. The molecule has 0 aliphatic carbocycles. The van der Waals surface area contributed by atoms with Crippen LogP contribution in [0, 0.1) is 6.92 Å². The Bertz CT molecular complexity index is 679. The van der Waals surface area contributed by atoms with E-state index in [2.05, 4.69) is 12.0 Å². The van der Waals surface area contributed by atoms with E-state index >= 15 is 0 Å². The van der Waals surface area contributed by atoms with Gasteiger partial charge in [-0.05, 0) is 38.3 Å². The number of carbonyl (C=O) groups is 1. The molecule has 1 aliphatic heterocycles. The van der Waals surface area contributed by atoms with Crippen LogP contribution in [0.3, 0.4) is 0 Å². The first kappa shape index (κ1) is 14.8. The smallest absolute Gasteiger partial charge is 0.257 e. The molecule has 2 unspecified atom stereocenters. The van der Waals surface area contributed by atoms with Gasteiger partial charge >= 0.3 is 0 Å². The van der Waals surface area contributed by atoms with Crippen LogP contribution in [0.1, 0.15) is 35.7 Å². The molecule has 1 amide bonds. The van der Waals surface area contributed by atoms with E-state index in [0.717, 1.165) is 30.6 Å². The van der Waals surface area contributed by atoms with Crippen LogP contribution in [0.4, 0.5) is 0 Å². The summed E-state index contributed by atoms with van der Waals surface area (Å²) in [4.78, 5) is 14.6. The monoisotopic (exact) mass is 298 g/mol. The second kappa shape index (κ2) is 5.93. The van der Waals surface area contributed by atoms with Crippen molar-refractivity contribution in [1.29, 1.82) is 0 Å². The molecule has 5 nitrogen and oxygen atoms in total. The van der Waals surface area contributed by atoms with E-state index in [1.807, 2.05) is 42.3 Å². The number of hydrogen-bond acceptors (Lipinski definition) is 3. The van der Waals surface area contributed by atoms with Crippen LogP contribution in [-0.4, -0.2) is 39.2 Å². The highest BCUT2D eigenvalue weighted by molar-refractivity contribution is 5.94. The number of amides is 1. The molecule has 1 aromatic carbocycles. The van der Waals surface area contributed by atoms with Crippen molar-refractivity contribution in [3.63, 3.8) is 0 Å². The molecule has 0 bridgehead atoms. The van der Waals surface area contributed by atoms with Crippen LogP contribution in [-0.2, 0) is 0 Å². The van der Waals surface area contributed by atoms with Crippen LogP contribution in [0.2, 0.25) is 0 Å². The van der Waals surface area contributed by atoms with Gasteiger partial charge in [0, 0.05) is 24.8 Å². The third-order valence-electron chi connectivity index (χ3n) is 4.37. The van der Waals surface area contributed by atoms with Gasteiger partial charge < -0.3 is 10.6 Å². The summed E-state index contributed by atoms with van der Waals surface area (Å²) in [6.07, 6.45) is 5.18. The van der Waals surface area contributed by atoms with E-state index in [1.54, 1.807) is 10.9 Å². The molecule has 2 atom stereocenters. The normalized spacial score (nSPS) is 21.9. The highest BCUT2D eigenvalue weighted by atomic mass is 16.2. The molecule has 2 aromatic rings. The zero-order valence-electron chi connectivity index (χ0n) is 13.1. The summed E-state index contributed by atoms with van der Waals surface area (Å²) >= 11 is 0. The molecule has 3 rings (SSSR count). The van der Waals surface area contributed by atoms with E-state index < -0.39 is 0 Å². The number of nitrogens with zero attached hydrogens (tertiary/aromatic N) is 3. The Morgan fingerprint density at radius 2 is 2.14 bits per heavy atom. The van der Waals surface area contributed by atoms with Gasteiger partial charge in [0.15, 0.2) is 0 Å². The summed E-state index contributed by atoms with van der Waals surface area (Å²) in [7, 11) is 0. The van der Waals surface area contributed by atoms with Crippen molar-refractivity contribution in [2.75, 3.05) is 6.54 Å². The number of likely N-dealkylation sites (tertiary alicyclic amines) is 1. The lowest BCUT2D eigenvalue weighted by atomic mass is 9.98. The topological polar surface area (TPSA) is 64.2 Å². The van der Waals surface area contributed by atoms with Crippen molar-refractivity contribution >= 4 is 5.91 Å². The Kier molecular flexibility index (Phi) is 3.98. The second-order valence-corrected chi connectivity index (χ2v) is 6.09. The molecule has 1 aliphatic rings. The molecule has 0 saturated carbocycles. The lowest BCUT2D eigenvalue weighted by Crippen LogP contribution is -2.48. The van der Waals surface area contributed by atoms with Crippen molar-refractivity contribution in [3.05, 3.63) is 47.8 Å². The van der Waals surface area contributed by atoms with Crippen LogP contribution in [0.5, 0.6) is 0 Å². The van der Waals surface area contributed by atoms with Gasteiger partial charge in [-0.15, -0.1) is 0 Å². The Morgan fingerprint density at radius 3 is 2.86 bits per heavy atom. The number of para-hydroxylation sites is 1. The van der Waals surface area contributed by atoms with Crippen LogP contribution >= 0.6 is 0 Å². The Labute approximate surface area is 130 Å². The van der Waals surface area contributed by atoms with Crippen molar-refractivity contribution in [1.82, 2.24) is 14.7 Å². The van der Waals surface area contributed by atoms with Crippen molar-refractivity contribution in [2.24, 2.45) is 5.73 Å². The number of aromatic nitrogens is 2. The van der Waals surface area contributed by atoms with Crippen molar-refractivity contribution in [2.45, 2.75) is 38.8 Å². The number of nitrogens with two attached hydrogens (primary N) is 1. The fourth-order valence-electron chi connectivity index (χ4n) is 3.06. The number of piperidine rings is 1. The molecule has 116 valence electrons. The number of hydrogen-bond donors (Lipinski definition) is 1. The minimum Gasteiger partial charge on any atom is -0.336 e. The quantitative estimate of drug-likeness (QED) is 0.924. The molecular formula is C17H22N4O. The molecule has 5 heteroatoms. The molecule has 2 heterocycles. The predicted molar refractivity (Wildman–Crippen MR) is 86.0 cm³/mol. The predicted octanol–water partition coefficient (Wildman–Crippen LogP) is 2.13. The zero-order valence-corrected chi connectivity index (χ0v) is 13.1. The Morgan fingerprint density at radius 1 is 1.36 bits per heavy atom. The van der Waals surface area contributed by atoms with E-state index in [0.29, 0.717) is 5.56 Å². The lowest BCUT2D eigenvalue weighted by Gasteiger charge is -2.36. The van der Waals surface area contributed by atoms with E-state index in [1.165, 1.54) is 0 Å². The summed E-state index contributed by atoms with van der Waals surface area (Å²) in [5.74, 6) is 0.0410. The molecule has 0 spiro atoms. The van der Waals surface area contributed by atoms with Gasteiger partial charge in [-0.3, -0.25) is 4.79 Å². The van der Waals surface area contributed by atoms with Gasteiger partial charge in [0.25, 0.3) is 5.91 Å². The molecule has 0 radical (unpaired) electrons. The summed E-state index contributed by atoms with van der Waals surface area (Å²) in [5.41, 5.74) is 8.72. The van der Waals surface area contributed by atoms with Gasteiger partial charge in [0.1, 0.15) is 0 Å². The number of aryl methyl sites for hydroxylation is 1. The van der Waals surface area contributed by atoms with Gasteiger partial charge in [0.05, 0.1) is 17.4 Å². The first-order valence-corrected chi connectivity index (χ1v) is 7.73. The highest BCUT2D eigenvalue weighted by Gasteiger charge is 2.28. The zero-order chi connectivity index (χ0) is 15.7. The van der Waals surface area contributed by atoms with Crippen molar-refractivity contribution < 1.29 is 4.79 Å². The summed E-state index contributed by atoms with van der Waals surface area (Å²) < 4.78 is 1.77. The maximum atomic E-state index is 12.7. The third kappa shape index (κ3) is 2.76. The first-order valence-electron chi connectivity index (χ1n) is 7.73. The average molecular weight is 298 g/mol. The molecule has 22 heavy (non-hydrogen) atoms. The summed E-state index contributed by atoms with van der Waals surface area (Å²) in [6.45, 7) is 4.81. The molecule has 1 saturated heterocycles. The average Bonchev–Trinajstić information content (AvgIpc) is 2.97. The second-order valence-electron chi connectivity index (χ2n) is 6.09. The highest BCUT2D eigenvalue weighted by Crippen LogP contribution is 2.20. The van der Waals surface area contributed by atoms with Crippen LogP contribution in [0.15, 0.2) is 36.7 Å². The van der Waals surface area contributed by atoms with E-state index in [9.17, 15) is 4.79 Å². The molecule has 2 N–H and O–H groups in total. The number of rotatable bonds is 2. The number of carbonyl (C=O) groups excluding carboxylic acids is 1. The van der Waals surface area contributed by atoms with Gasteiger partial charge in [-0.2, -0.15) is 5.10 Å². The number of benzene rings is 1. The maximum absolute atomic E-state index is 12.7. The van der Waals surface area contributed by atoms with Gasteiger partial charge in [-0.25, -0.2) is 4.68 Å². The van der Waals surface area contributed by atoms with Crippen LogP contribution < -0.4 is 5.73 Å². The SMILES string of the molecule is Cc1ccccc1-n1cc(C(=O)N2CCC(N)CC2C)cn1. The molecular weight excluding hydrogens is 276 g/mol. The fraction of sp³-hybridized carbons (Fsp3) is 0.412. The first-order chi connectivity index (χ1) is 10.6. The van der Waals surface area contributed by atoms with E-state index in [-0.39, 0.29) is 18.0 Å². The fourth-order valence-corrected chi connectivity index (χ4v) is 3.06. The largest absolute Gasteiger partial charge is 0.336 e. The van der Waals surface area contributed by atoms with E-state index in [4.69, 9.17) is 5.73 Å². The Balaban J connectivity index is 1.82. The van der Waals surface area contributed by atoms with Gasteiger partial charge in [-0.1, -0.05) is 18.2 Å². The minimum atomic E-state index is 0.0410. The van der Waals surface area contributed by atoms with Crippen molar-refractivity contribution in [3.8, 4) is 5.69 Å². The standard InChI is InChI=1S/C17H22N4O/c1-12-5-3-4-6-16(12)21-11-14(10-19-21)17(22)20-8-7-15(18)9-13(20)2/h3-6,10-11,13,15H,7-9,18H2,1-2H3. The minimum absolute atomic E-state index is 0.0410. The lowest BCUT2D eigenvalue weighted by molar-refractivity contribution is 0.0619. The summed E-state index contributed by atoms with van der Waals surface area (Å²) in [5, 5.41) is 4.35. The van der Waals surface area contributed by atoms with Gasteiger partial charge in [0.2, 0.25) is 0 Å². The molecule has 1 fully saturated rings.